The van der Waals surface area contributed by atoms with Gasteiger partial charge >= 0.3 is 0 Å². The number of aliphatic hydroxyl groups excluding tert-OH is 1. The quantitative estimate of drug-likeness (QED) is 0.855. The molecule has 1 aromatic rings. The standard InChI is InChI=1S/C11H17NO2S/c1-8(5-13)10-6-14-11(12-10)4-9-2-3-15-7-9/h6,8-9,13H,2-5,7H2,1H3. The Kier molecular flexibility index (Phi) is 3.70. The SMILES string of the molecule is CC(CO)c1coc(CC2CCSC2)n1. The van der Waals surface area contributed by atoms with Crippen molar-refractivity contribution < 1.29 is 9.52 Å². The van der Waals surface area contributed by atoms with Crippen molar-refractivity contribution in [1.29, 1.82) is 0 Å². The molecule has 1 aromatic heterocycles. The maximum atomic E-state index is 9.00. The molecule has 4 heteroatoms. The van der Waals surface area contributed by atoms with Gasteiger partial charge < -0.3 is 9.52 Å². The number of aromatic nitrogens is 1. The number of nitrogens with zero attached hydrogens (tertiary/aromatic N) is 1. The molecule has 2 atom stereocenters. The molecule has 2 rings (SSSR count). The van der Waals surface area contributed by atoms with Gasteiger partial charge in [-0.1, -0.05) is 6.92 Å². The number of aliphatic hydroxyl groups is 1. The Morgan fingerprint density at radius 3 is 3.27 bits per heavy atom. The lowest BCUT2D eigenvalue weighted by atomic mass is 10.1. The van der Waals surface area contributed by atoms with Gasteiger partial charge in [0, 0.05) is 12.3 Å². The average Bonchev–Trinajstić information content (AvgIpc) is 2.88. The van der Waals surface area contributed by atoms with E-state index in [1.807, 2.05) is 18.7 Å². The van der Waals surface area contributed by atoms with Crippen LogP contribution in [-0.2, 0) is 6.42 Å². The van der Waals surface area contributed by atoms with Crippen LogP contribution < -0.4 is 0 Å². The summed E-state index contributed by atoms with van der Waals surface area (Å²) in [5.74, 6) is 4.14. The molecule has 0 aliphatic carbocycles. The van der Waals surface area contributed by atoms with Crippen molar-refractivity contribution in [3.8, 4) is 0 Å². The van der Waals surface area contributed by atoms with E-state index < -0.39 is 0 Å². The molecule has 1 fully saturated rings. The number of rotatable bonds is 4. The predicted octanol–water partition coefficient (Wildman–Crippen LogP) is 2.07. The molecule has 15 heavy (non-hydrogen) atoms. The van der Waals surface area contributed by atoms with Crippen molar-refractivity contribution >= 4 is 11.8 Å². The monoisotopic (exact) mass is 227 g/mol. The van der Waals surface area contributed by atoms with Gasteiger partial charge in [0.05, 0.1) is 12.3 Å². The summed E-state index contributed by atoms with van der Waals surface area (Å²) in [6, 6.07) is 0. The Bertz CT molecular complexity index is 307. The summed E-state index contributed by atoms with van der Waals surface area (Å²) < 4.78 is 5.42. The van der Waals surface area contributed by atoms with Gasteiger partial charge in [-0.05, 0) is 23.8 Å². The number of oxazole rings is 1. The second-order valence-electron chi connectivity index (χ2n) is 4.18. The van der Waals surface area contributed by atoms with Crippen molar-refractivity contribution in [2.45, 2.75) is 25.7 Å². The van der Waals surface area contributed by atoms with E-state index in [2.05, 4.69) is 4.98 Å². The van der Waals surface area contributed by atoms with Crippen molar-refractivity contribution in [2.75, 3.05) is 18.1 Å². The van der Waals surface area contributed by atoms with Gasteiger partial charge in [0.25, 0.3) is 0 Å². The molecule has 0 aromatic carbocycles. The first-order chi connectivity index (χ1) is 7.29. The largest absolute Gasteiger partial charge is 0.449 e. The van der Waals surface area contributed by atoms with E-state index in [0.717, 1.165) is 23.9 Å². The van der Waals surface area contributed by atoms with Crippen molar-refractivity contribution in [3.63, 3.8) is 0 Å². The molecule has 1 aliphatic rings. The van der Waals surface area contributed by atoms with E-state index in [1.165, 1.54) is 17.9 Å². The van der Waals surface area contributed by atoms with Gasteiger partial charge in [0.15, 0.2) is 5.89 Å². The molecule has 0 bridgehead atoms. The molecule has 0 radical (unpaired) electrons. The molecule has 84 valence electrons. The molecule has 0 saturated carbocycles. The zero-order valence-corrected chi connectivity index (χ0v) is 9.80. The number of hydrogen-bond acceptors (Lipinski definition) is 4. The van der Waals surface area contributed by atoms with Crippen LogP contribution in [0.15, 0.2) is 10.7 Å². The summed E-state index contributed by atoms with van der Waals surface area (Å²) >= 11 is 2.01. The maximum Gasteiger partial charge on any atom is 0.194 e. The first kappa shape index (κ1) is 11.0. The smallest absolute Gasteiger partial charge is 0.194 e. The topological polar surface area (TPSA) is 46.3 Å². The minimum atomic E-state index is 0.0838. The molecule has 2 heterocycles. The first-order valence-electron chi connectivity index (χ1n) is 5.42. The summed E-state index contributed by atoms with van der Waals surface area (Å²) in [5.41, 5.74) is 0.873. The summed E-state index contributed by atoms with van der Waals surface area (Å²) in [7, 11) is 0. The van der Waals surface area contributed by atoms with E-state index in [1.54, 1.807) is 6.26 Å². The summed E-state index contributed by atoms with van der Waals surface area (Å²) in [5, 5.41) is 9.00. The Balaban J connectivity index is 1.94. The van der Waals surface area contributed by atoms with Gasteiger partial charge in [-0.25, -0.2) is 4.98 Å². The van der Waals surface area contributed by atoms with Crippen LogP contribution in [0, 0.1) is 5.92 Å². The highest BCUT2D eigenvalue weighted by Crippen LogP contribution is 2.26. The Morgan fingerprint density at radius 1 is 1.73 bits per heavy atom. The molecule has 1 saturated heterocycles. The Morgan fingerprint density at radius 2 is 2.60 bits per heavy atom. The van der Waals surface area contributed by atoms with Crippen LogP contribution in [0.5, 0.6) is 0 Å². The number of thioether (sulfide) groups is 1. The summed E-state index contributed by atoms with van der Waals surface area (Å²) in [6.45, 7) is 2.08. The fourth-order valence-electron chi connectivity index (χ4n) is 1.73. The van der Waals surface area contributed by atoms with Gasteiger partial charge in [0.1, 0.15) is 6.26 Å². The third-order valence-corrected chi connectivity index (χ3v) is 4.07. The van der Waals surface area contributed by atoms with Gasteiger partial charge in [0.2, 0.25) is 0 Å². The second-order valence-corrected chi connectivity index (χ2v) is 5.33. The Hall–Kier alpha value is -0.480. The van der Waals surface area contributed by atoms with Crippen LogP contribution in [0.4, 0.5) is 0 Å². The van der Waals surface area contributed by atoms with Crippen LogP contribution >= 0.6 is 11.8 Å². The molecular formula is C11H17NO2S. The zero-order chi connectivity index (χ0) is 10.7. The zero-order valence-electron chi connectivity index (χ0n) is 8.98. The normalized spacial score (nSPS) is 23.2. The molecule has 3 nitrogen and oxygen atoms in total. The van der Waals surface area contributed by atoms with E-state index in [9.17, 15) is 0 Å². The molecule has 2 unspecified atom stereocenters. The first-order valence-corrected chi connectivity index (χ1v) is 6.58. The van der Waals surface area contributed by atoms with Crippen LogP contribution in [0.25, 0.3) is 0 Å². The van der Waals surface area contributed by atoms with E-state index in [-0.39, 0.29) is 12.5 Å². The van der Waals surface area contributed by atoms with E-state index >= 15 is 0 Å². The minimum absolute atomic E-state index is 0.0838. The third-order valence-electron chi connectivity index (χ3n) is 2.84. The van der Waals surface area contributed by atoms with Gasteiger partial charge in [-0.15, -0.1) is 0 Å². The second kappa shape index (κ2) is 5.03. The van der Waals surface area contributed by atoms with E-state index in [0.29, 0.717) is 0 Å². The van der Waals surface area contributed by atoms with E-state index in [4.69, 9.17) is 9.52 Å². The average molecular weight is 227 g/mol. The summed E-state index contributed by atoms with van der Waals surface area (Å²) in [4.78, 5) is 4.41. The molecule has 0 spiro atoms. The van der Waals surface area contributed by atoms with Crippen molar-refractivity contribution in [3.05, 3.63) is 17.8 Å². The lowest BCUT2D eigenvalue weighted by molar-refractivity contribution is 0.271. The fraction of sp³-hybridized carbons (Fsp3) is 0.727. The molecular weight excluding hydrogens is 210 g/mol. The van der Waals surface area contributed by atoms with Crippen molar-refractivity contribution in [2.24, 2.45) is 5.92 Å². The van der Waals surface area contributed by atoms with Crippen LogP contribution in [-0.4, -0.2) is 28.2 Å². The molecule has 1 aliphatic heterocycles. The molecule has 1 N–H and O–H groups in total. The fourth-order valence-corrected chi connectivity index (χ4v) is 3.01. The molecule has 0 amide bonds. The van der Waals surface area contributed by atoms with Crippen molar-refractivity contribution in [1.82, 2.24) is 4.98 Å². The highest BCUT2D eigenvalue weighted by molar-refractivity contribution is 7.99. The third kappa shape index (κ3) is 2.75. The highest BCUT2D eigenvalue weighted by atomic mass is 32.2. The summed E-state index contributed by atoms with van der Waals surface area (Å²) in [6.07, 6.45) is 3.90. The van der Waals surface area contributed by atoms with Crippen LogP contribution in [0.2, 0.25) is 0 Å². The maximum absolute atomic E-state index is 9.00. The Labute approximate surface area is 94.3 Å². The van der Waals surface area contributed by atoms with Gasteiger partial charge in [-0.3, -0.25) is 0 Å². The predicted molar refractivity (Wildman–Crippen MR) is 61.1 cm³/mol. The lowest BCUT2D eigenvalue weighted by Crippen LogP contribution is -2.04. The van der Waals surface area contributed by atoms with Crippen LogP contribution in [0.3, 0.4) is 0 Å². The highest BCUT2D eigenvalue weighted by Gasteiger charge is 2.19. The van der Waals surface area contributed by atoms with Gasteiger partial charge in [-0.2, -0.15) is 11.8 Å². The number of hydrogen-bond donors (Lipinski definition) is 1. The van der Waals surface area contributed by atoms with Crippen LogP contribution in [0.1, 0.15) is 30.8 Å². The lowest BCUT2D eigenvalue weighted by Gasteiger charge is -2.03. The minimum Gasteiger partial charge on any atom is -0.449 e.